The van der Waals surface area contributed by atoms with Crippen LogP contribution in [0.3, 0.4) is 0 Å². The van der Waals surface area contributed by atoms with Crippen LogP contribution in [0.15, 0.2) is 0 Å². The molecule has 2 bridgehead atoms. The van der Waals surface area contributed by atoms with Crippen molar-refractivity contribution in [2.24, 2.45) is 16.7 Å². The van der Waals surface area contributed by atoms with Gasteiger partial charge in [0.25, 0.3) is 0 Å². The van der Waals surface area contributed by atoms with Crippen LogP contribution in [0.25, 0.3) is 0 Å². The van der Waals surface area contributed by atoms with Gasteiger partial charge in [0, 0.05) is 38.5 Å². The highest BCUT2D eigenvalue weighted by Gasteiger charge is 2.72. The van der Waals surface area contributed by atoms with Crippen molar-refractivity contribution in [3.63, 3.8) is 0 Å². The maximum atomic E-state index is 12.4. The molecule has 5 atom stereocenters. The standard InChI is InChI=1S/C14H24O3S2/c1-12(2)10-5-6-13(12,3)14(15,9-10)11-18(16)7-4-8-19(11)17/h10-11,15H,4-9H2,1-3H3/t10-,11?,13-,14+,18?,19?/m0/s1. The monoisotopic (exact) mass is 304 g/mol. The van der Waals surface area contributed by atoms with Gasteiger partial charge in [0.15, 0.2) is 0 Å². The van der Waals surface area contributed by atoms with E-state index in [2.05, 4.69) is 20.8 Å². The third kappa shape index (κ3) is 1.58. The zero-order valence-corrected chi connectivity index (χ0v) is 13.6. The van der Waals surface area contributed by atoms with E-state index in [1.807, 2.05) is 0 Å². The Balaban J connectivity index is 2.05. The minimum atomic E-state index is -1.15. The van der Waals surface area contributed by atoms with E-state index in [0.29, 0.717) is 23.8 Å². The van der Waals surface area contributed by atoms with E-state index in [0.717, 1.165) is 19.3 Å². The van der Waals surface area contributed by atoms with Crippen molar-refractivity contribution in [3.8, 4) is 0 Å². The van der Waals surface area contributed by atoms with Gasteiger partial charge in [-0.15, -0.1) is 0 Å². The highest BCUT2D eigenvalue weighted by atomic mass is 32.2. The first-order chi connectivity index (χ1) is 8.74. The van der Waals surface area contributed by atoms with Gasteiger partial charge in [-0.25, -0.2) is 0 Å². The van der Waals surface area contributed by atoms with Crippen molar-refractivity contribution in [3.05, 3.63) is 0 Å². The fourth-order valence-electron chi connectivity index (χ4n) is 4.80. The first kappa shape index (κ1) is 14.2. The molecule has 0 aromatic heterocycles. The van der Waals surface area contributed by atoms with Gasteiger partial charge in [0.2, 0.25) is 0 Å². The van der Waals surface area contributed by atoms with E-state index in [1.165, 1.54) is 0 Å². The van der Waals surface area contributed by atoms with Gasteiger partial charge in [0.05, 0.1) is 5.60 Å². The Morgan fingerprint density at radius 1 is 1.11 bits per heavy atom. The molecule has 0 spiro atoms. The molecule has 0 amide bonds. The second-order valence-corrected chi connectivity index (χ2v) is 10.9. The molecule has 110 valence electrons. The third-order valence-corrected chi connectivity index (χ3v) is 10.9. The minimum absolute atomic E-state index is 0.0492. The molecular weight excluding hydrogens is 280 g/mol. The van der Waals surface area contributed by atoms with Crippen LogP contribution in [-0.2, 0) is 21.6 Å². The van der Waals surface area contributed by atoms with Crippen LogP contribution in [0, 0.1) is 16.7 Å². The highest BCUT2D eigenvalue weighted by molar-refractivity contribution is 8.03. The van der Waals surface area contributed by atoms with Crippen molar-refractivity contribution in [1.82, 2.24) is 0 Å². The van der Waals surface area contributed by atoms with Crippen LogP contribution >= 0.6 is 0 Å². The van der Waals surface area contributed by atoms with Crippen LogP contribution < -0.4 is 0 Å². The van der Waals surface area contributed by atoms with Crippen molar-refractivity contribution in [1.29, 1.82) is 0 Å². The van der Waals surface area contributed by atoms with E-state index in [1.54, 1.807) is 0 Å². The molecule has 2 unspecified atom stereocenters. The van der Waals surface area contributed by atoms with Crippen molar-refractivity contribution in [2.45, 2.75) is 56.6 Å². The largest absolute Gasteiger partial charge is 0.387 e. The van der Waals surface area contributed by atoms with Gasteiger partial charge in [-0.2, -0.15) is 0 Å². The molecule has 19 heavy (non-hydrogen) atoms. The van der Waals surface area contributed by atoms with Crippen LogP contribution in [0.1, 0.15) is 46.5 Å². The van der Waals surface area contributed by atoms with Gasteiger partial charge in [-0.3, -0.25) is 8.42 Å². The van der Waals surface area contributed by atoms with Gasteiger partial charge in [-0.05, 0) is 37.0 Å². The normalized spacial score (nSPS) is 56.4. The van der Waals surface area contributed by atoms with Crippen molar-refractivity contribution >= 4 is 21.6 Å². The molecule has 2 saturated carbocycles. The topological polar surface area (TPSA) is 54.4 Å². The molecule has 3 rings (SSSR count). The quantitative estimate of drug-likeness (QED) is 0.803. The lowest BCUT2D eigenvalue weighted by Crippen LogP contribution is -2.59. The third-order valence-electron chi connectivity index (χ3n) is 6.51. The van der Waals surface area contributed by atoms with Crippen LogP contribution in [-0.4, -0.2) is 35.2 Å². The average molecular weight is 304 g/mol. The summed E-state index contributed by atoms with van der Waals surface area (Å²) in [7, 11) is -2.30. The summed E-state index contributed by atoms with van der Waals surface area (Å²) in [5.41, 5.74) is -1.21. The molecule has 1 saturated heterocycles. The molecule has 1 N–H and O–H groups in total. The summed E-state index contributed by atoms with van der Waals surface area (Å²) in [6, 6.07) is 0. The molecular formula is C14H24O3S2. The van der Waals surface area contributed by atoms with Gasteiger partial charge in [0.1, 0.15) is 4.58 Å². The number of hydrogen-bond acceptors (Lipinski definition) is 3. The first-order valence-electron chi connectivity index (χ1n) is 7.21. The number of fused-ring (bicyclic) bond motifs is 2. The lowest BCUT2D eigenvalue weighted by molar-refractivity contribution is -0.0777. The fourth-order valence-corrected chi connectivity index (χ4v) is 9.38. The summed E-state index contributed by atoms with van der Waals surface area (Å²) in [5.74, 6) is 1.66. The molecule has 1 heterocycles. The van der Waals surface area contributed by atoms with Crippen LogP contribution in [0.2, 0.25) is 0 Å². The summed E-state index contributed by atoms with van der Waals surface area (Å²) >= 11 is 0. The number of hydrogen-bond donors (Lipinski definition) is 1. The Labute approximate surface area is 120 Å². The second kappa shape index (κ2) is 4.14. The zero-order valence-electron chi connectivity index (χ0n) is 12.0. The lowest BCUT2D eigenvalue weighted by Gasteiger charge is -2.49. The molecule has 0 radical (unpaired) electrons. The Morgan fingerprint density at radius 2 is 1.68 bits per heavy atom. The summed E-state index contributed by atoms with van der Waals surface area (Å²) < 4.78 is 24.2. The lowest BCUT2D eigenvalue weighted by atomic mass is 9.65. The van der Waals surface area contributed by atoms with Crippen LogP contribution in [0.4, 0.5) is 0 Å². The summed E-state index contributed by atoms with van der Waals surface area (Å²) in [6.07, 6.45) is 3.54. The summed E-state index contributed by atoms with van der Waals surface area (Å²) in [5, 5.41) is 11.4. The van der Waals surface area contributed by atoms with Gasteiger partial charge in [-0.1, -0.05) is 20.8 Å². The van der Waals surface area contributed by atoms with E-state index < -0.39 is 31.8 Å². The van der Waals surface area contributed by atoms with Crippen molar-refractivity contribution in [2.75, 3.05) is 11.5 Å². The van der Waals surface area contributed by atoms with E-state index in [4.69, 9.17) is 0 Å². The Bertz CT molecular complexity index is 446. The Kier molecular flexibility index (Phi) is 3.09. The number of aliphatic hydroxyl groups is 1. The Hall–Kier alpha value is 0.260. The predicted octanol–water partition coefficient (Wildman–Crippen LogP) is 1.79. The molecule has 3 fully saturated rings. The predicted molar refractivity (Wildman–Crippen MR) is 78.6 cm³/mol. The van der Waals surface area contributed by atoms with E-state index in [9.17, 15) is 13.5 Å². The molecule has 0 aromatic rings. The average Bonchev–Trinajstić information content (AvgIpc) is 2.60. The minimum Gasteiger partial charge on any atom is -0.387 e. The summed E-state index contributed by atoms with van der Waals surface area (Å²) in [4.78, 5) is 0. The first-order valence-corrected chi connectivity index (χ1v) is 9.97. The van der Waals surface area contributed by atoms with Crippen LogP contribution in [0.5, 0.6) is 0 Å². The van der Waals surface area contributed by atoms with Gasteiger partial charge >= 0.3 is 0 Å². The Morgan fingerprint density at radius 3 is 2.11 bits per heavy atom. The van der Waals surface area contributed by atoms with E-state index in [-0.39, 0.29) is 10.8 Å². The van der Waals surface area contributed by atoms with E-state index >= 15 is 0 Å². The van der Waals surface area contributed by atoms with Gasteiger partial charge < -0.3 is 5.11 Å². The maximum absolute atomic E-state index is 12.4. The molecule has 5 heteroatoms. The second-order valence-electron chi connectivity index (χ2n) is 7.27. The highest BCUT2D eigenvalue weighted by Crippen LogP contribution is 2.71. The summed E-state index contributed by atoms with van der Waals surface area (Å²) in [6.45, 7) is 6.57. The molecule has 3 aliphatic rings. The number of rotatable bonds is 1. The molecule has 2 aliphatic carbocycles. The SMILES string of the molecule is CC1(C)[C@H]2CC[C@]1(C)[C@](O)(C1S(=O)CCCS1=O)C2. The molecule has 1 aliphatic heterocycles. The zero-order chi connectivity index (χ0) is 14.1. The fraction of sp³-hybridized carbons (Fsp3) is 1.00. The maximum Gasteiger partial charge on any atom is 0.139 e. The van der Waals surface area contributed by atoms with Crippen molar-refractivity contribution < 1.29 is 13.5 Å². The molecule has 0 aromatic carbocycles. The smallest absolute Gasteiger partial charge is 0.139 e. The molecule has 3 nitrogen and oxygen atoms in total.